The number of rotatable bonds is 12. The fourth-order valence-corrected chi connectivity index (χ4v) is 5.18. The highest BCUT2D eigenvalue weighted by atomic mass is 79.9. The third kappa shape index (κ3) is 6.98. The second-order valence-electron chi connectivity index (χ2n) is 9.21. The van der Waals surface area contributed by atoms with Crippen molar-refractivity contribution >= 4 is 65.6 Å². The van der Waals surface area contributed by atoms with Gasteiger partial charge in [-0.05, 0) is 49.2 Å². The summed E-state index contributed by atoms with van der Waals surface area (Å²) in [5.74, 6) is -1.42. The first-order valence-corrected chi connectivity index (χ1v) is 14.6. The lowest BCUT2D eigenvalue weighted by Crippen LogP contribution is -2.32. The van der Waals surface area contributed by atoms with Gasteiger partial charge in [0, 0.05) is 45.0 Å². The molecule has 212 valence electrons. The van der Waals surface area contributed by atoms with E-state index in [1.54, 1.807) is 9.36 Å². The Morgan fingerprint density at radius 1 is 0.800 bits per heavy atom. The molecule has 0 bridgehead atoms. The summed E-state index contributed by atoms with van der Waals surface area (Å²) < 4.78 is 16.4. The molecule has 0 radical (unpaired) electrons. The number of hydrogen-bond acceptors (Lipinski definition) is 8. The molecule has 0 saturated carbocycles. The van der Waals surface area contributed by atoms with Gasteiger partial charge in [0.15, 0.2) is 0 Å². The lowest BCUT2D eigenvalue weighted by atomic mass is 10.2. The van der Waals surface area contributed by atoms with Crippen molar-refractivity contribution in [3.63, 3.8) is 0 Å². The van der Waals surface area contributed by atoms with E-state index in [4.69, 9.17) is 20.9 Å². The van der Waals surface area contributed by atoms with Gasteiger partial charge in [-0.25, -0.2) is 9.59 Å². The number of carbonyl (C=O) groups is 2. The second kappa shape index (κ2) is 13.5. The molecular weight excluding hydrogens is 644 g/mol. The topological polar surface area (TPSA) is 140 Å². The van der Waals surface area contributed by atoms with Crippen molar-refractivity contribution in [1.82, 2.24) is 19.6 Å². The zero-order valence-electron chi connectivity index (χ0n) is 22.3. The Morgan fingerprint density at radius 2 is 1.20 bits per heavy atom. The van der Waals surface area contributed by atoms with Crippen molar-refractivity contribution in [3.05, 3.63) is 68.9 Å². The number of benzene rings is 2. The third-order valence-corrected chi connectivity index (χ3v) is 7.44. The minimum atomic E-state index is -0.708. The van der Waals surface area contributed by atoms with E-state index >= 15 is 0 Å². The number of nitrogens with zero attached hydrogens (tertiary/aromatic N) is 4. The Kier molecular flexibility index (Phi) is 10.1. The first-order chi connectivity index (χ1) is 19.3. The molecule has 0 fully saturated rings. The first-order valence-electron chi connectivity index (χ1n) is 13.1. The number of aryl methyl sites for hydroxylation is 2. The van der Waals surface area contributed by atoms with E-state index < -0.39 is 24.1 Å². The van der Waals surface area contributed by atoms with Crippen LogP contribution >= 0.6 is 31.9 Å². The van der Waals surface area contributed by atoms with Crippen LogP contribution in [0.15, 0.2) is 57.5 Å². The minimum absolute atomic E-state index is 0.0871. The fraction of sp³-hybridized carbons (Fsp3) is 0.357. The van der Waals surface area contributed by atoms with E-state index in [0.717, 1.165) is 67.1 Å². The van der Waals surface area contributed by atoms with Crippen LogP contribution in [0.3, 0.4) is 0 Å². The van der Waals surface area contributed by atoms with Crippen LogP contribution in [0.5, 0.6) is 0 Å². The summed E-state index contributed by atoms with van der Waals surface area (Å²) in [5, 5.41) is 11.4. The molecule has 10 nitrogen and oxygen atoms in total. The number of aromatic nitrogens is 4. The van der Waals surface area contributed by atoms with Crippen molar-refractivity contribution < 1.29 is 19.1 Å². The molecule has 0 spiro atoms. The number of ether oxygens (including phenoxy) is 2. The number of halogens is 2. The Labute approximate surface area is 248 Å². The molecule has 0 saturated heterocycles. The summed E-state index contributed by atoms with van der Waals surface area (Å²) in [7, 11) is 0. The molecule has 0 aliphatic carbocycles. The Hall–Kier alpha value is -3.06. The average Bonchev–Trinajstić information content (AvgIpc) is 3.47. The standard InChI is InChI=1S/C28H32Br2N6O4/c1-3-23-21-7-5-17(29)11-25(21)35(33-23)15-19(13-31)39-27(37)9-10-28(38)40-20(14-32)16-36-26-12-18(30)6-8-22(26)24(4-2)34-36/h5-12,19-20H,3-4,13-16,31-32H2,1-2H3/b10-9+. The Bertz CT molecular complexity index is 1430. The Balaban J connectivity index is 1.37. The summed E-state index contributed by atoms with van der Waals surface area (Å²) in [5.41, 5.74) is 15.5. The van der Waals surface area contributed by atoms with E-state index in [9.17, 15) is 9.59 Å². The van der Waals surface area contributed by atoms with Gasteiger partial charge in [0.05, 0.1) is 35.5 Å². The zero-order valence-corrected chi connectivity index (χ0v) is 25.5. The summed E-state index contributed by atoms with van der Waals surface area (Å²) >= 11 is 6.99. The van der Waals surface area contributed by atoms with Crippen LogP contribution in [0, 0.1) is 0 Å². The number of esters is 2. The molecule has 2 aromatic carbocycles. The molecule has 4 N–H and O–H groups in total. The van der Waals surface area contributed by atoms with Crippen LogP contribution in [-0.2, 0) is 45.0 Å². The second-order valence-corrected chi connectivity index (χ2v) is 11.0. The van der Waals surface area contributed by atoms with Crippen LogP contribution in [0.25, 0.3) is 21.8 Å². The van der Waals surface area contributed by atoms with Gasteiger partial charge in [0.25, 0.3) is 0 Å². The van der Waals surface area contributed by atoms with E-state index in [1.165, 1.54) is 0 Å². The van der Waals surface area contributed by atoms with Crippen molar-refractivity contribution in [1.29, 1.82) is 0 Å². The monoisotopic (exact) mass is 674 g/mol. The van der Waals surface area contributed by atoms with Crippen LogP contribution in [-0.4, -0.2) is 56.8 Å². The molecule has 0 aliphatic heterocycles. The molecule has 4 rings (SSSR count). The largest absolute Gasteiger partial charge is 0.456 e. The maximum atomic E-state index is 12.5. The minimum Gasteiger partial charge on any atom is -0.456 e. The third-order valence-electron chi connectivity index (χ3n) is 6.45. The predicted octanol–water partition coefficient (Wildman–Crippen LogP) is 4.03. The maximum absolute atomic E-state index is 12.5. The van der Waals surface area contributed by atoms with Crippen molar-refractivity contribution in [2.24, 2.45) is 11.5 Å². The summed E-state index contributed by atoms with van der Waals surface area (Å²) in [6, 6.07) is 11.9. The molecule has 2 atom stereocenters. The van der Waals surface area contributed by atoms with Crippen LogP contribution in [0.4, 0.5) is 0 Å². The molecule has 4 aromatic rings. The van der Waals surface area contributed by atoms with Gasteiger partial charge in [-0.15, -0.1) is 0 Å². The molecule has 2 unspecified atom stereocenters. The van der Waals surface area contributed by atoms with Gasteiger partial charge in [-0.1, -0.05) is 45.7 Å². The maximum Gasteiger partial charge on any atom is 0.331 e. The quantitative estimate of drug-likeness (QED) is 0.169. The first kappa shape index (κ1) is 29.9. The molecule has 12 heteroatoms. The van der Waals surface area contributed by atoms with Crippen LogP contribution in [0.2, 0.25) is 0 Å². The summed E-state index contributed by atoms with van der Waals surface area (Å²) in [6.07, 6.45) is 2.31. The number of fused-ring (bicyclic) bond motifs is 2. The molecule has 0 amide bonds. The molecule has 2 aromatic heterocycles. The van der Waals surface area contributed by atoms with Crippen LogP contribution in [0.1, 0.15) is 25.2 Å². The van der Waals surface area contributed by atoms with Gasteiger partial charge >= 0.3 is 11.9 Å². The van der Waals surface area contributed by atoms with Gasteiger partial charge in [-0.2, -0.15) is 10.2 Å². The average molecular weight is 676 g/mol. The van der Waals surface area contributed by atoms with Crippen molar-refractivity contribution in [2.75, 3.05) is 13.1 Å². The van der Waals surface area contributed by atoms with Crippen LogP contribution < -0.4 is 11.5 Å². The van der Waals surface area contributed by atoms with E-state index in [1.807, 2.05) is 50.2 Å². The summed E-state index contributed by atoms with van der Waals surface area (Å²) in [6.45, 7) is 4.79. The van der Waals surface area contributed by atoms with Gasteiger partial charge in [0.2, 0.25) is 0 Å². The van der Waals surface area contributed by atoms with Gasteiger partial charge in [-0.3, -0.25) is 9.36 Å². The lowest BCUT2D eigenvalue weighted by molar-refractivity contribution is -0.146. The highest BCUT2D eigenvalue weighted by Gasteiger charge is 2.19. The SMILES string of the molecule is CCc1nn(CC(CN)OC(=O)/C=C/C(=O)OC(CN)Cn2nc(CC)c3ccc(Br)cc32)c2cc(Br)ccc12. The molecule has 40 heavy (non-hydrogen) atoms. The Morgan fingerprint density at radius 3 is 1.55 bits per heavy atom. The van der Waals surface area contributed by atoms with E-state index in [2.05, 4.69) is 42.1 Å². The molecule has 0 aliphatic rings. The normalized spacial score (nSPS) is 13.2. The van der Waals surface area contributed by atoms with E-state index in [-0.39, 0.29) is 26.2 Å². The lowest BCUT2D eigenvalue weighted by Gasteiger charge is -2.16. The number of hydrogen-bond donors (Lipinski definition) is 2. The van der Waals surface area contributed by atoms with Gasteiger partial charge in [0.1, 0.15) is 12.2 Å². The highest BCUT2D eigenvalue weighted by Crippen LogP contribution is 2.25. The number of nitrogens with two attached hydrogens (primary N) is 2. The molecule has 2 heterocycles. The smallest absolute Gasteiger partial charge is 0.331 e. The number of carbonyl (C=O) groups excluding carboxylic acids is 2. The zero-order chi connectivity index (χ0) is 28.8. The van der Waals surface area contributed by atoms with Crippen molar-refractivity contribution in [2.45, 2.75) is 52.0 Å². The molecular formula is C28H32Br2N6O4. The summed E-state index contributed by atoms with van der Waals surface area (Å²) in [4.78, 5) is 25.0. The van der Waals surface area contributed by atoms with Crippen molar-refractivity contribution in [3.8, 4) is 0 Å². The highest BCUT2D eigenvalue weighted by molar-refractivity contribution is 9.10. The predicted molar refractivity (Wildman–Crippen MR) is 161 cm³/mol. The van der Waals surface area contributed by atoms with Gasteiger partial charge < -0.3 is 20.9 Å². The fourth-order valence-electron chi connectivity index (χ4n) is 4.48. The van der Waals surface area contributed by atoms with E-state index in [0.29, 0.717) is 0 Å².